The molecule has 0 fully saturated rings. The van der Waals surface area contributed by atoms with Crippen LogP contribution < -0.4 is 4.74 Å². The van der Waals surface area contributed by atoms with Crippen LogP contribution in [0.3, 0.4) is 0 Å². The Balaban J connectivity index is 2.41. The summed E-state index contributed by atoms with van der Waals surface area (Å²) < 4.78 is 10.6. The van der Waals surface area contributed by atoms with Crippen LogP contribution in [-0.2, 0) is 0 Å². The first kappa shape index (κ1) is 10.2. The van der Waals surface area contributed by atoms with Gasteiger partial charge in [-0.05, 0) is 19.1 Å². The topological polar surface area (TPSA) is 59.1 Å². The Labute approximate surface area is 93.1 Å². The van der Waals surface area contributed by atoms with Crippen LogP contribution >= 0.6 is 0 Å². The quantitative estimate of drug-likeness (QED) is 0.787. The molecule has 2 aromatic rings. The predicted octanol–water partition coefficient (Wildman–Crippen LogP) is 2.61. The lowest BCUT2D eigenvalue weighted by Crippen LogP contribution is -1.91. The van der Waals surface area contributed by atoms with Crippen molar-refractivity contribution in [1.82, 2.24) is 4.98 Å². The number of hydrogen-bond donors (Lipinski definition) is 0. The molecule has 0 atom stereocenters. The average Bonchev–Trinajstić information content (AvgIpc) is 2.74. The highest BCUT2D eigenvalue weighted by atomic mass is 16.6. The Hall–Kier alpha value is -2.28. The molecule has 4 heteroatoms. The molecule has 0 radical (unpaired) electrons. The summed E-state index contributed by atoms with van der Waals surface area (Å²) in [4.78, 5) is 4.06. The lowest BCUT2D eigenvalue weighted by Gasteiger charge is -1.95. The summed E-state index contributed by atoms with van der Waals surface area (Å²) >= 11 is 0. The van der Waals surface area contributed by atoms with Gasteiger partial charge in [-0.2, -0.15) is 10.2 Å². The van der Waals surface area contributed by atoms with E-state index in [9.17, 15) is 0 Å². The number of benzene rings is 1. The highest BCUT2D eigenvalue weighted by Gasteiger charge is 2.14. The molecule has 1 aromatic heterocycles. The van der Waals surface area contributed by atoms with Crippen molar-refractivity contribution in [1.29, 1.82) is 5.26 Å². The van der Waals surface area contributed by atoms with E-state index in [0.717, 1.165) is 5.56 Å². The number of aromatic nitrogens is 1. The van der Waals surface area contributed by atoms with E-state index in [0.29, 0.717) is 12.5 Å². The zero-order chi connectivity index (χ0) is 11.4. The van der Waals surface area contributed by atoms with Gasteiger partial charge in [0.1, 0.15) is 6.07 Å². The molecule has 0 bridgehead atoms. The first-order valence-corrected chi connectivity index (χ1v) is 4.94. The first-order chi connectivity index (χ1) is 7.85. The van der Waals surface area contributed by atoms with Crippen molar-refractivity contribution >= 4 is 0 Å². The summed E-state index contributed by atoms with van der Waals surface area (Å²) in [6, 6.07) is 11.3. The van der Waals surface area contributed by atoms with Crippen molar-refractivity contribution in [2.24, 2.45) is 0 Å². The van der Waals surface area contributed by atoms with Crippen LogP contribution in [0.25, 0.3) is 11.5 Å². The lowest BCUT2D eigenvalue weighted by atomic mass is 10.2. The predicted molar refractivity (Wildman–Crippen MR) is 57.8 cm³/mol. The van der Waals surface area contributed by atoms with Gasteiger partial charge in [-0.25, -0.2) is 0 Å². The zero-order valence-electron chi connectivity index (χ0n) is 8.80. The molecule has 1 heterocycles. The average molecular weight is 214 g/mol. The fourth-order valence-electron chi connectivity index (χ4n) is 1.31. The monoisotopic (exact) mass is 214 g/mol. The minimum atomic E-state index is 0.181. The van der Waals surface area contributed by atoms with Gasteiger partial charge in [0, 0.05) is 5.56 Å². The summed E-state index contributed by atoms with van der Waals surface area (Å²) in [5.74, 6) is 0.587. The van der Waals surface area contributed by atoms with Gasteiger partial charge in [0.25, 0.3) is 0 Å². The third-order valence-corrected chi connectivity index (χ3v) is 2.00. The molecule has 16 heavy (non-hydrogen) atoms. The van der Waals surface area contributed by atoms with Gasteiger partial charge in [-0.15, -0.1) is 0 Å². The van der Waals surface area contributed by atoms with Crippen LogP contribution in [0.1, 0.15) is 12.6 Å². The molecular weight excluding hydrogens is 204 g/mol. The molecule has 0 aliphatic rings. The maximum atomic E-state index is 8.85. The molecule has 0 aliphatic carbocycles. The van der Waals surface area contributed by atoms with Crippen molar-refractivity contribution in [3.8, 4) is 23.5 Å². The largest absolute Gasteiger partial charge is 0.463 e. The second-order valence-electron chi connectivity index (χ2n) is 3.07. The van der Waals surface area contributed by atoms with Crippen molar-refractivity contribution in [2.75, 3.05) is 6.61 Å². The van der Waals surface area contributed by atoms with Crippen LogP contribution in [0.5, 0.6) is 5.95 Å². The Kier molecular flexibility index (Phi) is 2.88. The standard InChI is InChI=1S/C12H10N2O2/c1-2-15-12-10(8-13)14-11(16-12)9-6-4-3-5-7-9/h3-7H,2H2,1H3. The second kappa shape index (κ2) is 4.49. The molecule has 0 amide bonds. The van der Waals surface area contributed by atoms with Crippen LogP contribution in [0.4, 0.5) is 0 Å². The van der Waals surface area contributed by atoms with Crippen LogP contribution in [0.15, 0.2) is 34.7 Å². The van der Waals surface area contributed by atoms with Crippen molar-refractivity contribution in [3.05, 3.63) is 36.0 Å². The number of ether oxygens (including phenoxy) is 1. The number of nitrogens with zero attached hydrogens (tertiary/aromatic N) is 2. The Morgan fingerprint density at radius 1 is 1.38 bits per heavy atom. The summed E-state index contributed by atoms with van der Waals surface area (Å²) in [5, 5.41) is 8.85. The molecule has 4 nitrogen and oxygen atoms in total. The molecule has 80 valence electrons. The van der Waals surface area contributed by atoms with Crippen molar-refractivity contribution in [2.45, 2.75) is 6.92 Å². The highest BCUT2D eigenvalue weighted by Crippen LogP contribution is 2.26. The minimum Gasteiger partial charge on any atom is -0.463 e. The van der Waals surface area contributed by atoms with Crippen LogP contribution in [-0.4, -0.2) is 11.6 Å². The van der Waals surface area contributed by atoms with E-state index in [1.165, 1.54) is 0 Å². The zero-order valence-corrected chi connectivity index (χ0v) is 8.80. The number of rotatable bonds is 3. The van der Waals surface area contributed by atoms with E-state index >= 15 is 0 Å². The van der Waals surface area contributed by atoms with Crippen LogP contribution in [0, 0.1) is 11.3 Å². The third kappa shape index (κ3) is 1.89. The van der Waals surface area contributed by atoms with Gasteiger partial charge in [0.05, 0.1) is 6.61 Å². The smallest absolute Gasteiger partial charge is 0.324 e. The van der Waals surface area contributed by atoms with E-state index in [-0.39, 0.29) is 11.6 Å². The highest BCUT2D eigenvalue weighted by molar-refractivity contribution is 5.54. The van der Waals surface area contributed by atoms with Crippen molar-refractivity contribution < 1.29 is 9.15 Å². The lowest BCUT2D eigenvalue weighted by molar-refractivity contribution is 0.259. The van der Waals surface area contributed by atoms with E-state index in [2.05, 4.69) is 4.98 Å². The fourth-order valence-corrected chi connectivity index (χ4v) is 1.31. The van der Waals surface area contributed by atoms with E-state index in [1.807, 2.05) is 43.3 Å². The summed E-state index contributed by atoms with van der Waals surface area (Å²) in [5.41, 5.74) is 1.01. The maximum Gasteiger partial charge on any atom is 0.324 e. The fraction of sp³-hybridized carbons (Fsp3) is 0.167. The SMILES string of the molecule is CCOc1oc(-c2ccccc2)nc1C#N. The van der Waals surface area contributed by atoms with E-state index in [1.54, 1.807) is 0 Å². The summed E-state index contributed by atoms with van der Waals surface area (Å²) in [7, 11) is 0. The van der Waals surface area contributed by atoms with Gasteiger partial charge < -0.3 is 9.15 Å². The molecule has 2 rings (SSSR count). The van der Waals surface area contributed by atoms with E-state index in [4.69, 9.17) is 14.4 Å². The Morgan fingerprint density at radius 2 is 2.12 bits per heavy atom. The van der Waals surface area contributed by atoms with E-state index < -0.39 is 0 Å². The van der Waals surface area contributed by atoms with Crippen molar-refractivity contribution in [3.63, 3.8) is 0 Å². The van der Waals surface area contributed by atoms with Crippen LogP contribution in [0.2, 0.25) is 0 Å². The van der Waals surface area contributed by atoms with Gasteiger partial charge in [-0.1, -0.05) is 18.2 Å². The van der Waals surface area contributed by atoms with Gasteiger partial charge in [0.2, 0.25) is 11.6 Å². The second-order valence-corrected chi connectivity index (χ2v) is 3.07. The molecule has 0 spiro atoms. The minimum absolute atomic E-state index is 0.181. The number of hydrogen-bond acceptors (Lipinski definition) is 4. The first-order valence-electron chi connectivity index (χ1n) is 4.94. The van der Waals surface area contributed by atoms with Gasteiger partial charge in [0.15, 0.2) is 0 Å². The summed E-state index contributed by atoms with van der Waals surface area (Å²) in [6.07, 6.45) is 0. The Morgan fingerprint density at radius 3 is 2.75 bits per heavy atom. The summed E-state index contributed by atoms with van der Waals surface area (Å²) in [6.45, 7) is 2.27. The third-order valence-electron chi connectivity index (χ3n) is 2.00. The molecule has 0 aliphatic heterocycles. The molecular formula is C12H10N2O2. The van der Waals surface area contributed by atoms with Gasteiger partial charge in [-0.3, -0.25) is 0 Å². The molecule has 0 saturated carbocycles. The molecule has 1 aromatic carbocycles. The van der Waals surface area contributed by atoms with Gasteiger partial charge >= 0.3 is 5.95 Å². The Bertz CT molecular complexity index is 512. The molecule has 0 unspecified atom stereocenters. The number of nitriles is 1. The molecule has 0 saturated heterocycles. The maximum absolute atomic E-state index is 8.85. The number of oxazole rings is 1. The normalized spacial score (nSPS) is 9.75. The molecule has 0 N–H and O–H groups in total.